The maximum Gasteiger partial charge on any atom is 0.340 e. The van der Waals surface area contributed by atoms with Crippen molar-refractivity contribution in [2.24, 2.45) is 0 Å². The molecule has 1 heterocycles. The van der Waals surface area contributed by atoms with Crippen molar-refractivity contribution in [3.8, 4) is 0 Å². The lowest BCUT2D eigenvalue weighted by Crippen LogP contribution is -2.31. The number of nitro benzene ring substituents is 1. The zero-order valence-corrected chi connectivity index (χ0v) is 13.9. The summed E-state index contributed by atoms with van der Waals surface area (Å²) in [6, 6.07) is 5.64. The summed E-state index contributed by atoms with van der Waals surface area (Å²) in [5, 5.41) is 10.7. The van der Waals surface area contributed by atoms with Crippen LogP contribution >= 0.6 is 0 Å². The van der Waals surface area contributed by atoms with Gasteiger partial charge in [-0.15, -0.1) is 0 Å². The molecule has 1 aliphatic rings. The van der Waals surface area contributed by atoms with E-state index in [1.165, 1.54) is 36.3 Å². The van der Waals surface area contributed by atoms with Crippen molar-refractivity contribution in [3.05, 3.63) is 56.8 Å². The number of allylic oxidation sites excluding steroid dienone is 1. The highest BCUT2D eigenvalue weighted by Gasteiger charge is 2.38. The van der Waals surface area contributed by atoms with E-state index < -0.39 is 10.9 Å². The van der Waals surface area contributed by atoms with Crippen LogP contribution < -0.4 is 0 Å². The second-order valence-corrected chi connectivity index (χ2v) is 5.63. The van der Waals surface area contributed by atoms with E-state index in [4.69, 9.17) is 4.74 Å². The topological polar surface area (TPSA) is 89.8 Å². The molecule has 0 N–H and O–H groups in total. The van der Waals surface area contributed by atoms with Crippen LogP contribution in [0.15, 0.2) is 41.1 Å². The summed E-state index contributed by atoms with van der Waals surface area (Å²) in [4.78, 5) is 36.5. The highest BCUT2D eigenvalue weighted by molar-refractivity contribution is 6.16. The number of amides is 1. The van der Waals surface area contributed by atoms with E-state index >= 15 is 0 Å². The Bertz CT molecular complexity index is 760. The molecule has 0 unspecified atom stereocenters. The van der Waals surface area contributed by atoms with Crippen molar-refractivity contribution in [2.45, 2.75) is 26.8 Å². The molecule has 0 aromatic heterocycles. The second-order valence-electron chi connectivity index (χ2n) is 5.63. The second kappa shape index (κ2) is 6.66. The van der Waals surface area contributed by atoms with Crippen molar-refractivity contribution < 1.29 is 19.2 Å². The predicted molar refractivity (Wildman–Crippen MR) is 87.8 cm³/mol. The molecule has 0 spiro atoms. The van der Waals surface area contributed by atoms with E-state index in [1.54, 1.807) is 13.0 Å². The van der Waals surface area contributed by atoms with Crippen LogP contribution in [-0.2, 0) is 14.3 Å². The van der Waals surface area contributed by atoms with Gasteiger partial charge in [0.05, 0.1) is 23.2 Å². The fraction of sp³-hybridized carbons (Fsp3) is 0.294. The average Bonchev–Trinajstić information content (AvgIpc) is 2.77. The molecule has 0 radical (unpaired) electrons. The fourth-order valence-electron chi connectivity index (χ4n) is 2.68. The summed E-state index contributed by atoms with van der Waals surface area (Å²) in [6.07, 6.45) is 1.55. The minimum Gasteiger partial charge on any atom is -0.465 e. The first-order valence-corrected chi connectivity index (χ1v) is 7.37. The molecule has 0 saturated carbocycles. The quantitative estimate of drug-likeness (QED) is 0.366. The molecule has 126 valence electrons. The number of carbonyl (C=O) groups is 2. The lowest BCUT2D eigenvalue weighted by Gasteiger charge is -2.22. The number of methoxy groups -OCH3 is 1. The van der Waals surface area contributed by atoms with E-state index in [9.17, 15) is 19.7 Å². The minimum absolute atomic E-state index is 0.0429. The van der Waals surface area contributed by atoms with Gasteiger partial charge in [0.1, 0.15) is 0 Å². The Labute approximate surface area is 139 Å². The van der Waals surface area contributed by atoms with Crippen molar-refractivity contribution in [1.29, 1.82) is 0 Å². The van der Waals surface area contributed by atoms with E-state index in [0.29, 0.717) is 11.3 Å². The monoisotopic (exact) mass is 330 g/mol. The van der Waals surface area contributed by atoms with Gasteiger partial charge in [0.2, 0.25) is 0 Å². The molecular formula is C17H18N2O5. The fourth-order valence-corrected chi connectivity index (χ4v) is 2.68. The van der Waals surface area contributed by atoms with Crippen LogP contribution in [-0.4, -0.2) is 34.9 Å². The maximum atomic E-state index is 12.7. The highest BCUT2D eigenvalue weighted by atomic mass is 16.6. The summed E-state index contributed by atoms with van der Waals surface area (Å²) < 4.78 is 4.79. The third-order valence-corrected chi connectivity index (χ3v) is 3.76. The molecule has 0 saturated heterocycles. The molecule has 1 aliphatic heterocycles. The van der Waals surface area contributed by atoms with Gasteiger partial charge in [-0.05, 0) is 44.5 Å². The zero-order chi connectivity index (χ0) is 18.0. The first kappa shape index (κ1) is 17.4. The summed E-state index contributed by atoms with van der Waals surface area (Å²) >= 11 is 0. The molecule has 7 heteroatoms. The number of carbonyl (C=O) groups excluding carboxylic acids is 2. The van der Waals surface area contributed by atoms with Crippen molar-refractivity contribution >= 4 is 23.6 Å². The van der Waals surface area contributed by atoms with Gasteiger partial charge < -0.3 is 9.64 Å². The summed E-state index contributed by atoms with van der Waals surface area (Å²) in [5.41, 5.74) is 1.52. The predicted octanol–water partition coefficient (Wildman–Crippen LogP) is 2.68. The van der Waals surface area contributed by atoms with Crippen LogP contribution in [0.25, 0.3) is 6.08 Å². The maximum absolute atomic E-state index is 12.7. The number of hydrogen-bond acceptors (Lipinski definition) is 5. The first-order valence-electron chi connectivity index (χ1n) is 7.37. The van der Waals surface area contributed by atoms with Crippen LogP contribution in [0.2, 0.25) is 0 Å². The third-order valence-electron chi connectivity index (χ3n) is 3.76. The number of benzene rings is 1. The molecule has 1 aromatic carbocycles. The van der Waals surface area contributed by atoms with Gasteiger partial charge in [0.25, 0.3) is 11.6 Å². The van der Waals surface area contributed by atoms with Gasteiger partial charge in [-0.1, -0.05) is 0 Å². The summed E-state index contributed by atoms with van der Waals surface area (Å²) in [7, 11) is 1.26. The average molecular weight is 330 g/mol. The van der Waals surface area contributed by atoms with E-state index in [2.05, 4.69) is 0 Å². The van der Waals surface area contributed by atoms with Gasteiger partial charge in [0.15, 0.2) is 0 Å². The molecule has 7 nitrogen and oxygen atoms in total. The van der Waals surface area contributed by atoms with Gasteiger partial charge in [-0.25, -0.2) is 4.79 Å². The zero-order valence-electron chi connectivity index (χ0n) is 13.9. The SMILES string of the molecule is COC(=O)C1=C(C)N(C(C)C)C(=O)/C1=C\c1ccc([N+](=O)[O-])cc1. The smallest absolute Gasteiger partial charge is 0.340 e. The number of nitrogens with zero attached hydrogens (tertiary/aromatic N) is 2. The number of ether oxygens (including phenoxy) is 1. The molecule has 1 aromatic rings. The van der Waals surface area contributed by atoms with Gasteiger partial charge in [0, 0.05) is 23.9 Å². The van der Waals surface area contributed by atoms with Gasteiger partial charge >= 0.3 is 5.97 Å². The van der Waals surface area contributed by atoms with E-state index in [0.717, 1.165) is 0 Å². The van der Waals surface area contributed by atoms with E-state index in [1.807, 2.05) is 13.8 Å². The van der Waals surface area contributed by atoms with Crippen LogP contribution in [0, 0.1) is 10.1 Å². The summed E-state index contributed by atoms with van der Waals surface area (Å²) in [5.74, 6) is -0.876. The van der Waals surface area contributed by atoms with Crippen molar-refractivity contribution in [3.63, 3.8) is 0 Å². The molecule has 0 aliphatic carbocycles. The number of non-ortho nitro benzene ring substituents is 1. The van der Waals surface area contributed by atoms with Gasteiger partial charge in [-0.2, -0.15) is 0 Å². The molecule has 0 atom stereocenters. The van der Waals surface area contributed by atoms with Crippen LogP contribution in [0.3, 0.4) is 0 Å². The molecule has 24 heavy (non-hydrogen) atoms. The Hall–Kier alpha value is -2.96. The van der Waals surface area contributed by atoms with Crippen molar-refractivity contribution in [1.82, 2.24) is 4.90 Å². The van der Waals surface area contributed by atoms with Gasteiger partial charge in [-0.3, -0.25) is 14.9 Å². The minimum atomic E-state index is -0.586. The van der Waals surface area contributed by atoms with Crippen LogP contribution in [0.4, 0.5) is 5.69 Å². The number of nitro groups is 1. The third kappa shape index (κ3) is 3.05. The lowest BCUT2D eigenvalue weighted by atomic mass is 10.0. The Morgan fingerprint density at radius 1 is 1.29 bits per heavy atom. The Morgan fingerprint density at radius 2 is 1.88 bits per heavy atom. The largest absolute Gasteiger partial charge is 0.465 e. The molecule has 1 amide bonds. The Balaban J connectivity index is 2.51. The first-order chi connectivity index (χ1) is 11.3. The standard InChI is InChI=1S/C17H18N2O5/c1-10(2)18-11(3)15(17(21)24-4)14(16(18)20)9-12-5-7-13(8-6-12)19(22)23/h5-10H,1-4H3/b14-9-. The Morgan fingerprint density at radius 3 is 2.33 bits per heavy atom. The molecule has 0 bridgehead atoms. The number of esters is 1. The van der Waals surface area contributed by atoms with E-state index in [-0.39, 0.29) is 28.8 Å². The lowest BCUT2D eigenvalue weighted by molar-refractivity contribution is -0.384. The van der Waals surface area contributed by atoms with Crippen molar-refractivity contribution in [2.75, 3.05) is 7.11 Å². The number of hydrogen-bond donors (Lipinski definition) is 0. The van der Waals surface area contributed by atoms with Crippen LogP contribution in [0.1, 0.15) is 26.3 Å². The normalized spacial score (nSPS) is 16.3. The van der Waals surface area contributed by atoms with Crippen LogP contribution in [0.5, 0.6) is 0 Å². The highest BCUT2D eigenvalue weighted by Crippen LogP contribution is 2.33. The molecular weight excluding hydrogens is 312 g/mol. The molecule has 0 fully saturated rings. The summed E-state index contributed by atoms with van der Waals surface area (Å²) in [6.45, 7) is 5.40. The Kier molecular flexibility index (Phi) is 4.82. The number of rotatable bonds is 4. The molecule has 2 rings (SSSR count).